The summed E-state index contributed by atoms with van der Waals surface area (Å²) >= 11 is 0. The minimum Gasteiger partial charge on any atom is -0.508 e. The van der Waals surface area contributed by atoms with E-state index in [4.69, 9.17) is 0 Å². The number of aromatic hydroxyl groups is 1. The van der Waals surface area contributed by atoms with E-state index in [0.29, 0.717) is 11.3 Å². The van der Waals surface area contributed by atoms with Gasteiger partial charge < -0.3 is 5.11 Å². The number of phenols is 1. The molecule has 0 atom stereocenters. The van der Waals surface area contributed by atoms with E-state index in [1.165, 1.54) is 42.6 Å². The number of nitrogens with zero attached hydrogens (tertiary/aromatic N) is 2. The molecule has 0 saturated heterocycles. The molecular weight excluding hydrogens is 403 g/mol. The molecule has 0 aliphatic rings. The van der Waals surface area contributed by atoms with Crippen molar-refractivity contribution in [3.63, 3.8) is 0 Å². The van der Waals surface area contributed by atoms with Gasteiger partial charge in [-0.2, -0.15) is 0 Å². The number of pyridine rings is 2. The number of hydrogen-bond acceptors (Lipinski definition) is 3. The van der Waals surface area contributed by atoms with Crippen molar-refractivity contribution in [2.45, 2.75) is 0 Å². The Morgan fingerprint density at radius 3 is 1.87 bits per heavy atom. The lowest BCUT2D eigenvalue weighted by Crippen LogP contribution is -2.06. The lowest BCUT2D eigenvalue weighted by molar-refractivity contribution is 0.381. The summed E-state index contributed by atoms with van der Waals surface area (Å²) in [6, 6.07) is 13.4. The Morgan fingerprint density at radius 2 is 1.27 bits per heavy atom. The van der Waals surface area contributed by atoms with Gasteiger partial charge in [-0.25, -0.2) is 26.9 Å². The highest BCUT2D eigenvalue weighted by molar-refractivity contribution is 5.83. The maximum Gasteiger partial charge on any atom is 0.200 e. The standard InChI is InChI=1S/C22H11F5N2O/c23-17-16(18(24)20(26)21(27)19(17)25)22-13(11-4-6-12(30)7-5-11)8-9-15(29-22)14-3-1-2-10-28-14/h1-10,30H. The second kappa shape index (κ2) is 7.55. The van der Waals surface area contributed by atoms with E-state index in [1.54, 1.807) is 18.2 Å². The van der Waals surface area contributed by atoms with Gasteiger partial charge in [0.15, 0.2) is 23.3 Å². The zero-order valence-electron chi connectivity index (χ0n) is 15.0. The van der Waals surface area contributed by atoms with Crippen molar-refractivity contribution in [2.75, 3.05) is 0 Å². The fourth-order valence-electron chi connectivity index (χ4n) is 2.99. The maximum absolute atomic E-state index is 14.6. The minimum absolute atomic E-state index is 0.0606. The van der Waals surface area contributed by atoms with Crippen LogP contribution >= 0.6 is 0 Å². The molecular formula is C22H11F5N2O. The van der Waals surface area contributed by atoms with Crippen LogP contribution in [-0.2, 0) is 0 Å². The average Bonchev–Trinajstić information content (AvgIpc) is 2.78. The van der Waals surface area contributed by atoms with Crippen molar-refractivity contribution in [2.24, 2.45) is 0 Å². The third-order valence-corrected chi connectivity index (χ3v) is 4.45. The van der Waals surface area contributed by atoms with E-state index in [-0.39, 0.29) is 17.0 Å². The van der Waals surface area contributed by atoms with Gasteiger partial charge in [0.05, 0.1) is 22.6 Å². The second-order valence-electron chi connectivity index (χ2n) is 6.30. The Morgan fingerprint density at radius 1 is 0.633 bits per heavy atom. The molecule has 3 nitrogen and oxygen atoms in total. The van der Waals surface area contributed by atoms with Gasteiger partial charge in [0.2, 0.25) is 5.82 Å². The third-order valence-electron chi connectivity index (χ3n) is 4.45. The molecule has 0 fully saturated rings. The van der Waals surface area contributed by atoms with Crippen LogP contribution in [0.1, 0.15) is 0 Å². The number of halogens is 5. The molecule has 1 N–H and O–H groups in total. The first-order chi connectivity index (χ1) is 14.4. The largest absolute Gasteiger partial charge is 0.508 e. The average molecular weight is 414 g/mol. The van der Waals surface area contributed by atoms with E-state index in [9.17, 15) is 27.1 Å². The third kappa shape index (κ3) is 3.26. The lowest BCUT2D eigenvalue weighted by Gasteiger charge is -2.14. The van der Waals surface area contributed by atoms with Crippen LogP contribution in [0.3, 0.4) is 0 Å². The van der Waals surface area contributed by atoms with Crippen LogP contribution in [0.15, 0.2) is 60.8 Å². The van der Waals surface area contributed by atoms with Crippen molar-refractivity contribution in [1.82, 2.24) is 9.97 Å². The molecule has 2 aromatic heterocycles. The Labute approximate surface area is 167 Å². The smallest absolute Gasteiger partial charge is 0.200 e. The number of phenolic OH excluding ortho intramolecular Hbond substituents is 1. The second-order valence-corrected chi connectivity index (χ2v) is 6.30. The summed E-state index contributed by atoms with van der Waals surface area (Å²) in [4.78, 5) is 8.29. The highest BCUT2D eigenvalue weighted by Crippen LogP contribution is 2.38. The highest BCUT2D eigenvalue weighted by atomic mass is 19.2. The molecule has 30 heavy (non-hydrogen) atoms. The zero-order valence-corrected chi connectivity index (χ0v) is 15.0. The molecule has 0 aliphatic heterocycles. The molecule has 150 valence electrons. The van der Waals surface area contributed by atoms with E-state index < -0.39 is 40.3 Å². The first-order valence-electron chi connectivity index (χ1n) is 8.62. The molecule has 0 saturated carbocycles. The monoisotopic (exact) mass is 414 g/mol. The highest BCUT2D eigenvalue weighted by Gasteiger charge is 2.29. The van der Waals surface area contributed by atoms with Crippen LogP contribution in [-0.4, -0.2) is 15.1 Å². The Kier molecular flexibility index (Phi) is 4.91. The molecule has 0 spiro atoms. The fourth-order valence-corrected chi connectivity index (χ4v) is 2.99. The van der Waals surface area contributed by atoms with Crippen molar-refractivity contribution in [3.05, 3.63) is 89.9 Å². The van der Waals surface area contributed by atoms with Crippen LogP contribution in [0.2, 0.25) is 0 Å². The molecule has 2 aromatic carbocycles. The van der Waals surface area contributed by atoms with Gasteiger partial charge in [-0.1, -0.05) is 18.2 Å². The molecule has 0 amide bonds. The number of benzene rings is 2. The maximum atomic E-state index is 14.6. The molecule has 4 rings (SSSR count). The van der Waals surface area contributed by atoms with Gasteiger partial charge in [-0.3, -0.25) is 4.98 Å². The van der Waals surface area contributed by atoms with E-state index in [0.717, 1.165) is 0 Å². The van der Waals surface area contributed by atoms with Gasteiger partial charge in [-0.15, -0.1) is 0 Å². The van der Waals surface area contributed by atoms with Crippen LogP contribution < -0.4 is 0 Å². The van der Waals surface area contributed by atoms with Gasteiger partial charge in [0, 0.05) is 11.8 Å². The van der Waals surface area contributed by atoms with Gasteiger partial charge in [-0.05, 0) is 42.0 Å². The topological polar surface area (TPSA) is 46.0 Å². The summed E-state index contributed by atoms with van der Waals surface area (Å²) in [6.45, 7) is 0. The summed E-state index contributed by atoms with van der Waals surface area (Å²) in [6.07, 6.45) is 1.48. The first-order valence-corrected chi connectivity index (χ1v) is 8.62. The molecule has 0 aliphatic carbocycles. The van der Waals surface area contributed by atoms with E-state index >= 15 is 0 Å². The number of aromatic nitrogens is 2. The van der Waals surface area contributed by atoms with Crippen molar-refractivity contribution in [3.8, 4) is 39.5 Å². The quantitative estimate of drug-likeness (QED) is 0.259. The van der Waals surface area contributed by atoms with Crippen LogP contribution in [0.5, 0.6) is 5.75 Å². The van der Waals surface area contributed by atoms with E-state index in [1.807, 2.05) is 0 Å². The normalized spacial score (nSPS) is 11.0. The van der Waals surface area contributed by atoms with Gasteiger partial charge in [0.1, 0.15) is 5.75 Å². The van der Waals surface area contributed by atoms with Crippen LogP contribution in [0.4, 0.5) is 22.0 Å². The minimum atomic E-state index is -2.25. The van der Waals surface area contributed by atoms with Crippen LogP contribution in [0, 0.1) is 29.1 Å². The molecule has 0 unspecified atom stereocenters. The molecule has 4 aromatic rings. The Bertz CT molecular complexity index is 1220. The van der Waals surface area contributed by atoms with Gasteiger partial charge in [0.25, 0.3) is 0 Å². The molecule has 8 heteroatoms. The van der Waals surface area contributed by atoms with Gasteiger partial charge >= 0.3 is 0 Å². The SMILES string of the molecule is Oc1ccc(-c2ccc(-c3ccccn3)nc2-c2c(F)c(F)c(F)c(F)c2F)cc1. The summed E-state index contributed by atoms with van der Waals surface area (Å²) in [7, 11) is 0. The zero-order chi connectivity index (χ0) is 21.4. The summed E-state index contributed by atoms with van der Waals surface area (Å²) in [5, 5.41) is 9.49. The predicted octanol–water partition coefficient (Wildman–Crippen LogP) is 5.88. The van der Waals surface area contributed by atoms with Crippen molar-refractivity contribution < 1.29 is 27.1 Å². The Hall–Kier alpha value is -3.81. The molecule has 0 radical (unpaired) electrons. The number of rotatable bonds is 3. The lowest BCUT2D eigenvalue weighted by atomic mass is 9.97. The summed E-state index contributed by atoms with van der Waals surface area (Å²) in [5.74, 6) is -10.4. The fraction of sp³-hybridized carbons (Fsp3) is 0. The Balaban J connectivity index is 2.05. The molecule has 2 heterocycles. The van der Waals surface area contributed by atoms with Crippen molar-refractivity contribution in [1.29, 1.82) is 0 Å². The van der Waals surface area contributed by atoms with Crippen LogP contribution in [0.25, 0.3) is 33.8 Å². The predicted molar refractivity (Wildman–Crippen MR) is 99.8 cm³/mol. The summed E-state index contributed by atoms with van der Waals surface area (Å²) < 4.78 is 70.4. The molecule has 0 bridgehead atoms. The van der Waals surface area contributed by atoms with Crippen molar-refractivity contribution >= 4 is 0 Å². The van der Waals surface area contributed by atoms with E-state index in [2.05, 4.69) is 9.97 Å². The first kappa shape index (κ1) is 19.5. The summed E-state index contributed by atoms with van der Waals surface area (Å²) in [5.41, 5.74) is -0.606. The number of hydrogen-bond donors (Lipinski definition) is 1.